The van der Waals surface area contributed by atoms with Crippen molar-refractivity contribution in [3.63, 3.8) is 0 Å². The number of amides is 1. The van der Waals surface area contributed by atoms with Gasteiger partial charge in [-0.25, -0.2) is 13.6 Å². The second kappa shape index (κ2) is 14.2. The lowest BCUT2D eigenvalue weighted by Gasteiger charge is -2.42. The van der Waals surface area contributed by atoms with Crippen LogP contribution in [0.5, 0.6) is 11.5 Å². The summed E-state index contributed by atoms with van der Waals surface area (Å²) >= 11 is 0. The van der Waals surface area contributed by atoms with Crippen molar-refractivity contribution in [2.75, 3.05) is 37.7 Å². The number of hydrogen-bond donors (Lipinski definition) is 0. The van der Waals surface area contributed by atoms with Crippen LogP contribution in [0.25, 0.3) is 0 Å². The first-order chi connectivity index (χ1) is 21.6. The summed E-state index contributed by atoms with van der Waals surface area (Å²) in [5.41, 5.74) is 1.15. The van der Waals surface area contributed by atoms with Gasteiger partial charge in [-0.3, -0.25) is 4.79 Å². The Balaban J connectivity index is 1.27. The quantitative estimate of drug-likeness (QED) is 0.191. The van der Waals surface area contributed by atoms with E-state index >= 15 is 0 Å². The van der Waals surface area contributed by atoms with Gasteiger partial charge in [0.1, 0.15) is 36.4 Å². The monoisotopic (exact) mass is 623 g/mol. The van der Waals surface area contributed by atoms with E-state index in [0.29, 0.717) is 25.4 Å². The van der Waals surface area contributed by atoms with Crippen LogP contribution in [0.2, 0.25) is 0 Å². The summed E-state index contributed by atoms with van der Waals surface area (Å²) in [6.45, 7) is 6.90. The third-order valence-electron chi connectivity index (χ3n) is 7.36. The fourth-order valence-corrected chi connectivity index (χ4v) is 5.11. The van der Waals surface area contributed by atoms with E-state index in [1.807, 2.05) is 52.3 Å². The molecule has 45 heavy (non-hydrogen) atoms. The van der Waals surface area contributed by atoms with Crippen molar-refractivity contribution in [1.82, 2.24) is 9.96 Å². The van der Waals surface area contributed by atoms with Crippen molar-refractivity contribution in [2.45, 2.75) is 57.8 Å². The SMILES string of the molecule is CC(C)(C)OC(=O)ON1CCN(c2ccc(OCCOc3cc(F)ccc3F)cc2)C(C(=O)N(Cc2ccccc2)C2CC2)C1. The average Bonchev–Trinajstić information content (AvgIpc) is 3.85. The molecule has 0 bridgehead atoms. The molecule has 0 aromatic heterocycles. The molecular formula is C34H39F2N3O6. The molecule has 11 heteroatoms. The third-order valence-corrected chi connectivity index (χ3v) is 7.36. The van der Waals surface area contributed by atoms with E-state index in [-0.39, 0.29) is 37.5 Å². The molecule has 3 aromatic carbocycles. The molecule has 1 amide bonds. The number of benzene rings is 3. The Labute approximate surface area is 262 Å². The highest BCUT2D eigenvalue weighted by Crippen LogP contribution is 2.32. The van der Waals surface area contributed by atoms with E-state index in [4.69, 9.17) is 19.0 Å². The van der Waals surface area contributed by atoms with Gasteiger partial charge in [0.05, 0.1) is 13.1 Å². The first-order valence-electron chi connectivity index (χ1n) is 15.1. The number of halogens is 2. The maximum Gasteiger partial charge on any atom is 0.528 e. The Kier molecular flexibility index (Phi) is 10.1. The molecule has 3 aromatic rings. The van der Waals surface area contributed by atoms with Gasteiger partial charge in [0, 0.05) is 30.9 Å². The number of hydroxylamine groups is 2. The predicted octanol–water partition coefficient (Wildman–Crippen LogP) is 5.97. The van der Waals surface area contributed by atoms with Gasteiger partial charge < -0.3 is 28.8 Å². The van der Waals surface area contributed by atoms with Crippen molar-refractivity contribution in [3.8, 4) is 11.5 Å². The Bertz CT molecular complexity index is 1450. The van der Waals surface area contributed by atoms with Gasteiger partial charge in [-0.1, -0.05) is 30.3 Å². The van der Waals surface area contributed by atoms with E-state index in [2.05, 4.69) is 0 Å². The van der Waals surface area contributed by atoms with E-state index < -0.39 is 29.4 Å². The lowest BCUT2D eigenvalue weighted by molar-refractivity contribution is -0.159. The fourth-order valence-electron chi connectivity index (χ4n) is 5.11. The topological polar surface area (TPSA) is 80.8 Å². The zero-order chi connectivity index (χ0) is 32.0. The van der Waals surface area contributed by atoms with Gasteiger partial charge >= 0.3 is 6.16 Å². The van der Waals surface area contributed by atoms with Crippen LogP contribution in [0.1, 0.15) is 39.2 Å². The van der Waals surface area contributed by atoms with Crippen molar-refractivity contribution in [2.24, 2.45) is 0 Å². The number of piperazine rings is 1. The molecule has 1 heterocycles. The lowest BCUT2D eigenvalue weighted by atomic mass is 10.1. The number of carbonyl (C=O) groups excluding carboxylic acids is 2. The summed E-state index contributed by atoms with van der Waals surface area (Å²) < 4.78 is 43.6. The first-order valence-corrected chi connectivity index (χ1v) is 15.1. The second-order valence-corrected chi connectivity index (χ2v) is 12.1. The summed E-state index contributed by atoms with van der Waals surface area (Å²) in [6, 6.07) is 19.8. The van der Waals surface area contributed by atoms with Crippen molar-refractivity contribution < 1.29 is 37.4 Å². The van der Waals surface area contributed by atoms with Crippen LogP contribution >= 0.6 is 0 Å². The van der Waals surface area contributed by atoms with E-state index in [9.17, 15) is 18.4 Å². The lowest BCUT2D eigenvalue weighted by Crippen LogP contribution is -2.60. The highest BCUT2D eigenvalue weighted by molar-refractivity contribution is 5.86. The molecule has 5 rings (SSSR count). The molecule has 0 N–H and O–H groups in total. The Morgan fingerprint density at radius 3 is 2.31 bits per heavy atom. The number of hydrogen-bond acceptors (Lipinski definition) is 8. The summed E-state index contributed by atoms with van der Waals surface area (Å²) in [5.74, 6) is -0.893. The van der Waals surface area contributed by atoms with Gasteiger partial charge in [0.25, 0.3) is 0 Å². The molecule has 1 unspecified atom stereocenters. The van der Waals surface area contributed by atoms with E-state index in [1.54, 1.807) is 32.9 Å². The van der Waals surface area contributed by atoms with Crippen molar-refractivity contribution in [3.05, 3.63) is 90.0 Å². The Morgan fingerprint density at radius 2 is 1.62 bits per heavy atom. The molecule has 0 spiro atoms. The van der Waals surface area contributed by atoms with Gasteiger partial charge in [0.15, 0.2) is 11.6 Å². The largest absolute Gasteiger partial charge is 0.528 e. The van der Waals surface area contributed by atoms with Crippen LogP contribution in [0, 0.1) is 11.6 Å². The smallest absolute Gasteiger partial charge is 0.490 e. The van der Waals surface area contributed by atoms with Crippen molar-refractivity contribution >= 4 is 17.7 Å². The minimum absolute atomic E-state index is 0.0245. The normalized spacial score (nSPS) is 17.0. The fraction of sp³-hybridized carbons (Fsp3) is 0.412. The molecule has 1 saturated carbocycles. The highest BCUT2D eigenvalue weighted by Gasteiger charge is 2.41. The molecule has 1 aliphatic carbocycles. The van der Waals surface area contributed by atoms with Gasteiger partial charge in [0.2, 0.25) is 5.91 Å². The highest BCUT2D eigenvalue weighted by atomic mass is 19.1. The minimum atomic E-state index is -0.809. The molecule has 1 saturated heterocycles. The zero-order valence-corrected chi connectivity index (χ0v) is 25.8. The molecule has 240 valence electrons. The van der Waals surface area contributed by atoms with Crippen LogP contribution < -0.4 is 14.4 Å². The summed E-state index contributed by atoms with van der Waals surface area (Å²) in [4.78, 5) is 36.2. The summed E-state index contributed by atoms with van der Waals surface area (Å²) in [5, 5.41) is 1.50. The van der Waals surface area contributed by atoms with Gasteiger partial charge in [-0.2, -0.15) is 0 Å². The first kappa shape index (κ1) is 32.0. The van der Waals surface area contributed by atoms with E-state index in [0.717, 1.165) is 42.3 Å². The van der Waals surface area contributed by atoms with Crippen LogP contribution in [0.4, 0.5) is 19.3 Å². The molecule has 1 aliphatic heterocycles. The molecule has 2 aliphatic rings. The maximum absolute atomic E-state index is 14.2. The second-order valence-electron chi connectivity index (χ2n) is 12.1. The van der Waals surface area contributed by atoms with Crippen LogP contribution in [0.3, 0.4) is 0 Å². The molecular weight excluding hydrogens is 584 g/mol. The van der Waals surface area contributed by atoms with Crippen LogP contribution in [-0.4, -0.2) is 72.6 Å². The van der Waals surface area contributed by atoms with Crippen molar-refractivity contribution in [1.29, 1.82) is 0 Å². The van der Waals surface area contributed by atoms with E-state index in [1.165, 1.54) is 5.06 Å². The minimum Gasteiger partial charge on any atom is -0.490 e. The zero-order valence-electron chi connectivity index (χ0n) is 25.8. The number of anilines is 1. The van der Waals surface area contributed by atoms with Crippen LogP contribution in [0.15, 0.2) is 72.8 Å². The molecule has 1 atom stereocenters. The Hall–Kier alpha value is -4.38. The number of nitrogens with zero attached hydrogens (tertiary/aromatic N) is 3. The third kappa shape index (κ3) is 9.07. The standard InChI is InChI=1S/C34H39F2N3O6/c1-34(2,3)44-33(41)45-37-17-18-38(30(23-37)32(40)39(27-10-11-27)22-24-7-5-4-6-8-24)26-12-14-28(15-13-26)42-19-20-43-31-21-25(35)9-16-29(31)36/h4-9,12-16,21,27,30H,10-11,17-20,22-23H2,1-3H3. The van der Waals surface area contributed by atoms with Gasteiger partial charge in [-0.15, -0.1) is 5.06 Å². The molecule has 0 radical (unpaired) electrons. The average molecular weight is 624 g/mol. The number of carbonyl (C=O) groups is 2. The summed E-state index contributed by atoms with van der Waals surface area (Å²) in [7, 11) is 0. The maximum atomic E-state index is 14.2. The summed E-state index contributed by atoms with van der Waals surface area (Å²) in [6.07, 6.45) is 1.09. The molecule has 9 nitrogen and oxygen atoms in total. The number of ether oxygens (including phenoxy) is 3. The van der Waals surface area contributed by atoms with Gasteiger partial charge in [-0.05, 0) is 75.6 Å². The molecule has 2 fully saturated rings. The van der Waals surface area contributed by atoms with Crippen LogP contribution in [-0.2, 0) is 20.9 Å². The Morgan fingerprint density at radius 1 is 0.911 bits per heavy atom. The number of rotatable bonds is 11. The predicted molar refractivity (Wildman–Crippen MR) is 164 cm³/mol.